The Balaban J connectivity index is 1.40. The molecule has 8 aromatic carbocycles. The minimum Gasteiger partial charge on any atom is -0.310 e. The summed E-state index contributed by atoms with van der Waals surface area (Å²) in [4.78, 5) is 0. The molecule has 0 saturated carbocycles. The van der Waals surface area contributed by atoms with Gasteiger partial charge >= 0.3 is 0 Å². The van der Waals surface area contributed by atoms with Gasteiger partial charge in [0.25, 0.3) is 0 Å². The van der Waals surface area contributed by atoms with E-state index in [4.69, 9.17) is 0 Å². The summed E-state index contributed by atoms with van der Waals surface area (Å²) in [6.45, 7) is 0. The molecule has 288 valence electrons. The van der Waals surface area contributed by atoms with Gasteiger partial charge < -0.3 is 18.3 Å². The first kappa shape index (κ1) is 34.3. The van der Waals surface area contributed by atoms with Crippen LogP contribution in [0.4, 0.5) is 0 Å². The monoisotopic (exact) mass is 790 g/mol. The lowest BCUT2D eigenvalue weighted by Gasteiger charge is -2.28. The molecule has 0 N–H and O–H groups in total. The maximum absolute atomic E-state index is 11.9. The van der Waals surface area contributed by atoms with Crippen LogP contribution in [0.5, 0.6) is 0 Å². The fourth-order valence-electron chi connectivity index (χ4n) is 10.7. The van der Waals surface area contributed by atoms with Gasteiger partial charge in [-0.2, -0.15) is 10.5 Å². The van der Waals surface area contributed by atoms with Gasteiger partial charge in [0, 0.05) is 49.0 Å². The van der Waals surface area contributed by atoms with Crippen LogP contribution in [0, 0.1) is 22.7 Å². The van der Waals surface area contributed by atoms with Crippen molar-refractivity contribution in [2.75, 3.05) is 0 Å². The molecular weight excluding hydrogens is 757 g/mol. The van der Waals surface area contributed by atoms with Crippen LogP contribution in [-0.2, 0) is 6.42 Å². The number of hydrogen-bond donors (Lipinski definition) is 0. The lowest BCUT2D eigenvalue weighted by molar-refractivity contribution is 0.878. The minimum absolute atomic E-state index is 0.313. The van der Waals surface area contributed by atoms with Crippen molar-refractivity contribution in [1.29, 1.82) is 10.5 Å². The molecule has 4 heterocycles. The molecule has 1 aliphatic carbocycles. The fraction of sp³-hybridized carbons (Fsp3) is 0.0357. The standard InChI is InChI=1S/C56H34N6/c57-33-43-44(34-58)54(60-47-27-11-3-19-37(47)38-20-4-12-28-48(38)60)56(62-51-31-15-7-23-41(51)42-24-8-16-32-52(42)62)55(61-49-29-13-5-21-39(49)40-22-6-14-30-50(40)61)53(43)59-45-25-9-1-17-35(45)36-18-2-10-26-46(36)59/h1-11,13-27,29-32H,12,28H2. The van der Waals surface area contributed by atoms with Crippen molar-refractivity contribution >= 4 is 82.4 Å². The Morgan fingerprint density at radius 2 is 0.629 bits per heavy atom. The van der Waals surface area contributed by atoms with Crippen LogP contribution in [0.25, 0.3) is 105 Å². The maximum atomic E-state index is 11.9. The van der Waals surface area contributed by atoms with Crippen LogP contribution in [0.1, 0.15) is 28.8 Å². The molecule has 62 heavy (non-hydrogen) atoms. The molecular formula is C56H34N6. The van der Waals surface area contributed by atoms with Crippen LogP contribution in [0.15, 0.2) is 176 Å². The zero-order valence-corrected chi connectivity index (χ0v) is 33.4. The van der Waals surface area contributed by atoms with Crippen LogP contribution >= 0.6 is 0 Å². The Kier molecular flexibility index (Phi) is 7.17. The van der Waals surface area contributed by atoms with Gasteiger partial charge in [0.1, 0.15) is 12.1 Å². The molecule has 0 unspecified atom stereocenters. The maximum Gasteiger partial charge on any atom is 0.103 e. The van der Waals surface area contributed by atoms with E-state index in [1.807, 2.05) is 0 Å². The number of fused-ring (bicyclic) bond motifs is 12. The second kappa shape index (κ2) is 13.0. The molecule has 0 atom stereocenters. The van der Waals surface area contributed by atoms with Crippen LogP contribution in [0.2, 0.25) is 0 Å². The first-order valence-corrected chi connectivity index (χ1v) is 21.1. The first-order valence-electron chi connectivity index (χ1n) is 21.1. The lowest BCUT2D eigenvalue weighted by atomic mass is 9.97. The third-order valence-electron chi connectivity index (χ3n) is 13.1. The third kappa shape index (κ3) is 4.45. The van der Waals surface area contributed by atoms with Crippen LogP contribution in [-0.4, -0.2) is 18.3 Å². The summed E-state index contributed by atoms with van der Waals surface area (Å²) >= 11 is 0. The van der Waals surface area contributed by atoms with Gasteiger partial charge in [-0.15, -0.1) is 0 Å². The molecule has 0 spiro atoms. The summed E-state index contributed by atoms with van der Waals surface area (Å²) in [5.74, 6) is 0. The summed E-state index contributed by atoms with van der Waals surface area (Å²) in [7, 11) is 0. The summed E-state index contributed by atoms with van der Waals surface area (Å²) < 4.78 is 9.31. The molecule has 0 fully saturated rings. The highest BCUT2D eigenvalue weighted by molar-refractivity contribution is 6.15. The average Bonchev–Trinajstić information content (AvgIpc) is 4.06. The van der Waals surface area contributed by atoms with E-state index in [9.17, 15) is 10.5 Å². The summed E-state index contributed by atoms with van der Waals surface area (Å²) in [6.07, 6.45) is 6.11. The zero-order valence-electron chi connectivity index (χ0n) is 33.4. The number of benzene rings is 8. The van der Waals surface area contributed by atoms with Crippen LogP contribution in [0.3, 0.4) is 0 Å². The number of rotatable bonds is 4. The molecule has 0 radical (unpaired) electrons. The van der Waals surface area contributed by atoms with Crippen molar-refractivity contribution in [2.45, 2.75) is 12.8 Å². The van der Waals surface area contributed by atoms with E-state index in [1.165, 1.54) is 0 Å². The SMILES string of the molecule is N#Cc1c(C#N)c(-n2c3ccccc3c3ccccc32)c(-n2c3ccccc3c3ccccc32)c(-n2c3ccccc3c3ccccc32)c1-n1c2c(c3ccccc31)C=CCC2. The number of aromatic nitrogens is 4. The molecule has 1 aliphatic rings. The quantitative estimate of drug-likeness (QED) is 0.178. The molecule has 0 aliphatic heterocycles. The van der Waals surface area contributed by atoms with E-state index < -0.39 is 0 Å². The number of hydrogen-bond acceptors (Lipinski definition) is 2. The molecule has 13 rings (SSSR count). The fourth-order valence-corrected chi connectivity index (χ4v) is 10.7. The van der Waals surface area contributed by atoms with Crippen LogP contribution < -0.4 is 0 Å². The van der Waals surface area contributed by atoms with Crippen molar-refractivity contribution in [3.05, 3.63) is 198 Å². The Labute approximate surface area is 355 Å². The predicted molar refractivity (Wildman–Crippen MR) is 253 cm³/mol. The highest BCUT2D eigenvalue weighted by Gasteiger charge is 2.35. The number of nitrogens with zero attached hydrogens (tertiary/aromatic N) is 6. The van der Waals surface area contributed by atoms with Crippen molar-refractivity contribution in [2.24, 2.45) is 0 Å². The third-order valence-corrected chi connectivity index (χ3v) is 13.1. The van der Waals surface area contributed by atoms with Gasteiger partial charge in [-0.05, 0) is 55.3 Å². The highest BCUT2D eigenvalue weighted by atomic mass is 15.1. The molecule has 6 heteroatoms. The molecule has 12 aromatic rings. The second-order valence-corrected chi connectivity index (χ2v) is 16.1. The van der Waals surface area contributed by atoms with Crippen molar-refractivity contribution in [1.82, 2.24) is 18.3 Å². The van der Waals surface area contributed by atoms with E-state index in [0.717, 1.165) is 112 Å². The van der Waals surface area contributed by atoms with Crippen molar-refractivity contribution in [3.8, 4) is 34.9 Å². The summed E-state index contributed by atoms with van der Waals surface area (Å²) in [6, 6.07) is 65.0. The Hall–Kier alpha value is -8.58. The molecule has 4 aromatic heterocycles. The smallest absolute Gasteiger partial charge is 0.103 e. The van der Waals surface area contributed by atoms with Gasteiger partial charge in [-0.25, -0.2) is 0 Å². The van der Waals surface area contributed by atoms with E-state index in [1.54, 1.807) is 0 Å². The lowest BCUT2D eigenvalue weighted by Crippen LogP contribution is -2.18. The van der Waals surface area contributed by atoms with Gasteiger partial charge in [0.05, 0.1) is 72.5 Å². The van der Waals surface area contributed by atoms with Crippen molar-refractivity contribution < 1.29 is 0 Å². The van der Waals surface area contributed by atoms with Gasteiger partial charge in [0.15, 0.2) is 0 Å². The Bertz CT molecular complexity index is 3860. The first-order chi connectivity index (χ1) is 30.8. The molecule has 0 bridgehead atoms. The van der Waals surface area contributed by atoms with Gasteiger partial charge in [0.2, 0.25) is 0 Å². The topological polar surface area (TPSA) is 67.3 Å². The van der Waals surface area contributed by atoms with Gasteiger partial charge in [-0.1, -0.05) is 140 Å². The van der Waals surface area contributed by atoms with E-state index in [-0.39, 0.29) is 0 Å². The molecule has 0 saturated heterocycles. The zero-order chi connectivity index (χ0) is 41.1. The van der Waals surface area contributed by atoms with Crippen molar-refractivity contribution in [3.63, 3.8) is 0 Å². The Morgan fingerprint density at radius 3 is 0.984 bits per heavy atom. The largest absolute Gasteiger partial charge is 0.310 e. The average molecular weight is 791 g/mol. The number of nitriles is 2. The predicted octanol–water partition coefficient (Wildman–Crippen LogP) is 13.6. The Morgan fingerprint density at radius 1 is 0.339 bits per heavy atom. The minimum atomic E-state index is 0.313. The van der Waals surface area contributed by atoms with Gasteiger partial charge in [-0.3, -0.25) is 0 Å². The highest BCUT2D eigenvalue weighted by Crippen LogP contribution is 2.49. The van der Waals surface area contributed by atoms with E-state index in [2.05, 4.69) is 212 Å². The normalized spacial score (nSPS) is 12.6. The summed E-state index contributed by atoms with van der Waals surface area (Å²) in [5, 5.41) is 31.5. The molecule has 0 amide bonds. The second-order valence-electron chi connectivity index (χ2n) is 16.1. The number of allylic oxidation sites excluding steroid dienone is 1. The molecule has 6 nitrogen and oxygen atoms in total. The number of para-hydroxylation sites is 7. The summed E-state index contributed by atoms with van der Waals surface area (Å²) in [5.41, 5.74) is 12.8. The van der Waals surface area contributed by atoms with E-state index >= 15 is 0 Å². The van der Waals surface area contributed by atoms with E-state index in [0.29, 0.717) is 22.5 Å².